The Balaban J connectivity index is 2.61. The molecule has 4 nitrogen and oxygen atoms in total. The van der Waals surface area contributed by atoms with Crippen LogP contribution in [0.5, 0.6) is 0 Å². The first-order chi connectivity index (χ1) is 7.17. The lowest BCUT2D eigenvalue weighted by Gasteiger charge is -2.11. The van der Waals surface area contributed by atoms with Crippen LogP contribution >= 0.6 is 15.9 Å². The molecule has 1 heterocycles. The molecule has 82 valence electrons. The molecule has 0 aliphatic rings. The largest absolute Gasteiger partial charge is 0.349 e. The van der Waals surface area contributed by atoms with E-state index in [-0.39, 0.29) is 12.2 Å². The summed E-state index contributed by atoms with van der Waals surface area (Å²) < 4.78 is 10.6. The molecule has 0 unspecified atom stereocenters. The van der Waals surface area contributed by atoms with Gasteiger partial charge in [-0.2, -0.15) is 0 Å². The summed E-state index contributed by atoms with van der Waals surface area (Å²) in [6, 6.07) is 3.62. The second kappa shape index (κ2) is 5.95. The number of hydrogen-bond donors (Lipinski definition) is 0. The zero-order valence-electron chi connectivity index (χ0n) is 8.57. The zero-order valence-corrected chi connectivity index (χ0v) is 10.2. The number of nitrogens with zero attached hydrogens (tertiary/aromatic N) is 1. The van der Waals surface area contributed by atoms with E-state index in [1.807, 2.05) is 6.07 Å². The molecule has 0 N–H and O–H groups in total. The molecule has 1 aromatic rings. The van der Waals surface area contributed by atoms with E-state index < -0.39 is 6.29 Å². The summed E-state index contributed by atoms with van der Waals surface area (Å²) >= 11 is 3.27. The van der Waals surface area contributed by atoms with E-state index >= 15 is 0 Å². The lowest BCUT2D eigenvalue weighted by molar-refractivity contribution is -0.156. The van der Waals surface area contributed by atoms with Crippen LogP contribution in [0.2, 0.25) is 0 Å². The number of carbonyl (C=O) groups excluding carboxylic acids is 1. The summed E-state index contributed by atoms with van der Waals surface area (Å²) in [7, 11) is 2.86. The first-order valence-corrected chi connectivity index (χ1v) is 5.15. The number of ketones is 1. The van der Waals surface area contributed by atoms with Gasteiger partial charge < -0.3 is 9.47 Å². The second-order valence-corrected chi connectivity index (χ2v) is 3.83. The highest BCUT2D eigenvalue weighted by molar-refractivity contribution is 9.10. The smallest absolute Gasteiger partial charge is 0.217 e. The topological polar surface area (TPSA) is 48.4 Å². The van der Waals surface area contributed by atoms with E-state index in [2.05, 4.69) is 20.9 Å². The van der Waals surface area contributed by atoms with Gasteiger partial charge in [0.05, 0.1) is 6.42 Å². The van der Waals surface area contributed by atoms with Crippen LogP contribution in [0.25, 0.3) is 0 Å². The number of rotatable bonds is 5. The Labute approximate surface area is 96.7 Å². The van der Waals surface area contributed by atoms with E-state index in [0.29, 0.717) is 5.69 Å². The van der Waals surface area contributed by atoms with Crippen molar-refractivity contribution in [1.29, 1.82) is 0 Å². The van der Waals surface area contributed by atoms with Gasteiger partial charge >= 0.3 is 0 Å². The van der Waals surface area contributed by atoms with E-state index in [0.717, 1.165) is 4.47 Å². The quantitative estimate of drug-likeness (QED) is 0.765. The summed E-state index contributed by atoms with van der Waals surface area (Å²) in [5.41, 5.74) is 0.697. The molecule has 0 aromatic carbocycles. The Morgan fingerprint density at radius 1 is 1.47 bits per heavy atom. The van der Waals surface area contributed by atoms with Gasteiger partial charge in [-0.05, 0) is 28.1 Å². The molecule has 0 saturated heterocycles. The zero-order chi connectivity index (χ0) is 11.3. The molecule has 0 fully saturated rings. The maximum absolute atomic E-state index is 11.6. The lowest BCUT2D eigenvalue weighted by Crippen LogP contribution is -2.26. The molecular weight excluding hydrogens is 262 g/mol. The maximum Gasteiger partial charge on any atom is 0.217 e. The van der Waals surface area contributed by atoms with E-state index in [4.69, 9.17) is 9.47 Å². The van der Waals surface area contributed by atoms with Gasteiger partial charge in [0.1, 0.15) is 0 Å². The van der Waals surface area contributed by atoms with Crippen molar-refractivity contribution >= 4 is 21.7 Å². The van der Waals surface area contributed by atoms with Crippen LogP contribution in [0, 0.1) is 0 Å². The van der Waals surface area contributed by atoms with Gasteiger partial charge in [-0.3, -0.25) is 9.78 Å². The van der Waals surface area contributed by atoms with Crippen molar-refractivity contribution in [2.75, 3.05) is 14.2 Å². The second-order valence-electron chi connectivity index (χ2n) is 2.91. The summed E-state index contributed by atoms with van der Waals surface area (Å²) in [6.45, 7) is 0. The van der Waals surface area contributed by atoms with Gasteiger partial charge in [-0.25, -0.2) is 0 Å². The average molecular weight is 274 g/mol. The minimum atomic E-state index is -0.810. The number of pyridine rings is 1. The first-order valence-electron chi connectivity index (χ1n) is 4.36. The molecule has 1 rings (SSSR count). The fourth-order valence-corrected chi connectivity index (χ4v) is 1.37. The average Bonchev–Trinajstić information content (AvgIpc) is 2.23. The van der Waals surface area contributed by atoms with E-state index in [1.54, 1.807) is 12.3 Å². The molecule has 0 saturated carbocycles. The number of carbonyl (C=O) groups is 1. The summed E-state index contributed by atoms with van der Waals surface area (Å²) in [5, 5.41) is 0. The van der Waals surface area contributed by atoms with Gasteiger partial charge in [0.15, 0.2) is 5.78 Å². The Bertz CT molecular complexity index is 322. The fraction of sp³-hybridized carbons (Fsp3) is 0.400. The third-order valence-electron chi connectivity index (χ3n) is 1.84. The third-order valence-corrected chi connectivity index (χ3v) is 2.30. The number of Topliss-reactive ketones (excluding diaryl/α,β-unsaturated/α-hetero) is 1. The van der Waals surface area contributed by atoms with Gasteiger partial charge in [0, 0.05) is 30.6 Å². The normalized spacial score (nSPS) is 10.7. The van der Waals surface area contributed by atoms with Gasteiger partial charge in [0.25, 0.3) is 0 Å². The fourth-order valence-electron chi connectivity index (χ4n) is 1.13. The van der Waals surface area contributed by atoms with Crippen LogP contribution in [-0.2, 0) is 20.7 Å². The molecular formula is C10H12BrNO3. The standard InChI is InChI=1S/C10H12BrNO3/c1-14-10(15-2)9(13)5-8-4-3-7(11)6-12-8/h3-4,6,10H,5H2,1-2H3. The summed E-state index contributed by atoms with van der Waals surface area (Å²) in [5.74, 6) is -0.144. The molecule has 15 heavy (non-hydrogen) atoms. The molecule has 0 radical (unpaired) electrons. The minimum absolute atomic E-state index is 0.144. The van der Waals surface area contributed by atoms with Crippen molar-refractivity contribution < 1.29 is 14.3 Å². The van der Waals surface area contributed by atoms with Crippen LogP contribution in [0.15, 0.2) is 22.8 Å². The van der Waals surface area contributed by atoms with Crippen molar-refractivity contribution in [2.45, 2.75) is 12.7 Å². The Morgan fingerprint density at radius 3 is 2.60 bits per heavy atom. The number of hydrogen-bond acceptors (Lipinski definition) is 4. The van der Waals surface area contributed by atoms with Gasteiger partial charge in [0.2, 0.25) is 6.29 Å². The van der Waals surface area contributed by atoms with Gasteiger partial charge in [-0.15, -0.1) is 0 Å². The highest BCUT2D eigenvalue weighted by Gasteiger charge is 2.17. The van der Waals surface area contributed by atoms with Crippen molar-refractivity contribution in [3.63, 3.8) is 0 Å². The molecule has 0 atom stereocenters. The number of halogens is 1. The van der Waals surface area contributed by atoms with Crippen molar-refractivity contribution in [1.82, 2.24) is 4.98 Å². The monoisotopic (exact) mass is 273 g/mol. The third kappa shape index (κ3) is 3.70. The molecule has 5 heteroatoms. The molecule has 0 spiro atoms. The molecule has 0 aliphatic carbocycles. The molecule has 0 aliphatic heterocycles. The Morgan fingerprint density at radius 2 is 2.13 bits per heavy atom. The van der Waals surface area contributed by atoms with Crippen molar-refractivity contribution in [2.24, 2.45) is 0 Å². The maximum atomic E-state index is 11.6. The number of aromatic nitrogens is 1. The Kier molecular flexibility index (Phi) is 4.87. The summed E-state index contributed by atoms with van der Waals surface area (Å²) in [4.78, 5) is 15.6. The summed E-state index contributed by atoms with van der Waals surface area (Å²) in [6.07, 6.45) is 1.05. The highest BCUT2D eigenvalue weighted by atomic mass is 79.9. The van der Waals surface area contributed by atoms with Gasteiger partial charge in [-0.1, -0.05) is 0 Å². The predicted octanol–water partition coefficient (Wildman–Crippen LogP) is 1.57. The first kappa shape index (κ1) is 12.3. The van der Waals surface area contributed by atoms with Crippen molar-refractivity contribution in [3.8, 4) is 0 Å². The SMILES string of the molecule is COC(OC)C(=O)Cc1ccc(Br)cn1. The van der Waals surface area contributed by atoms with Crippen LogP contribution in [0.3, 0.4) is 0 Å². The predicted molar refractivity (Wildman–Crippen MR) is 58.5 cm³/mol. The molecule has 0 amide bonds. The number of methoxy groups -OCH3 is 2. The Hall–Kier alpha value is -0.780. The molecule has 1 aromatic heterocycles. The van der Waals surface area contributed by atoms with Crippen LogP contribution in [-0.4, -0.2) is 31.3 Å². The minimum Gasteiger partial charge on any atom is -0.349 e. The van der Waals surface area contributed by atoms with E-state index in [9.17, 15) is 4.79 Å². The highest BCUT2D eigenvalue weighted by Crippen LogP contribution is 2.09. The van der Waals surface area contributed by atoms with E-state index in [1.165, 1.54) is 14.2 Å². The van der Waals surface area contributed by atoms with Crippen LogP contribution in [0.1, 0.15) is 5.69 Å². The lowest BCUT2D eigenvalue weighted by atomic mass is 10.2. The van der Waals surface area contributed by atoms with Crippen LogP contribution < -0.4 is 0 Å². The van der Waals surface area contributed by atoms with Crippen molar-refractivity contribution in [3.05, 3.63) is 28.5 Å². The van der Waals surface area contributed by atoms with Crippen LogP contribution in [0.4, 0.5) is 0 Å². The number of ether oxygens (including phenoxy) is 2. The molecule has 0 bridgehead atoms.